The SMILES string of the molecule is NC(=NCCc1nccn1Cc1ccccc1)Nc1cccc2c1CCCC2. The first kappa shape index (κ1) is 18.3. The smallest absolute Gasteiger partial charge is 0.193 e. The van der Waals surface area contributed by atoms with Gasteiger partial charge in [0.25, 0.3) is 0 Å². The number of fused-ring (bicyclic) bond motifs is 1. The summed E-state index contributed by atoms with van der Waals surface area (Å²) in [6, 6.07) is 16.8. The Balaban J connectivity index is 1.36. The first-order chi connectivity index (χ1) is 13.8. The summed E-state index contributed by atoms with van der Waals surface area (Å²) in [5.74, 6) is 1.50. The van der Waals surface area contributed by atoms with Gasteiger partial charge < -0.3 is 15.6 Å². The molecule has 0 bridgehead atoms. The van der Waals surface area contributed by atoms with Crippen molar-refractivity contribution in [2.75, 3.05) is 11.9 Å². The Morgan fingerprint density at radius 1 is 1.07 bits per heavy atom. The van der Waals surface area contributed by atoms with Gasteiger partial charge in [-0.25, -0.2) is 4.98 Å². The summed E-state index contributed by atoms with van der Waals surface area (Å²) in [6.45, 7) is 1.43. The van der Waals surface area contributed by atoms with Crippen LogP contribution in [-0.2, 0) is 25.8 Å². The maximum Gasteiger partial charge on any atom is 0.193 e. The molecule has 0 spiro atoms. The van der Waals surface area contributed by atoms with Gasteiger partial charge in [-0.15, -0.1) is 0 Å². The van der Waals surface area contributed by atoms with Crippen molar-refractivity contribution in [1.82, 2.24) is 9.55 Å². The number of benzene rings is 2. The van der Waals surface area contributed by atoms with Gasteiger partial charge in [-0.2, -0.15) is 0 Å². The fourth-order valence-electron chi connectivity index (χ4n) is 3.84. The Hall–Kier alpha value is -3.08. The molecule has 0 saturated heterocycles. The third-order valence-electron chi connectivity index (χ3n) is 5.27. The van der Waals surface area contributed by atoms with Crippen LogP contribution >= 0.6 is 0 Å². The van der Waals surface area contributed by atoms with Crippen LogP contribution in [0, 0.1) is 0 Å². The molecular formula is C23H27N5. The van der Waals surface area contributed by atoms with Crippen molar-refractivity contribution >= 4 is 11.6 Å². The Morgan fingerprint density at radius 2 is 1.93 bits per heavy atom. The fraction of sp³-hybridized carbons (Fsp3) is 0.304. The highest BCUT2D eigenvalue weighted by molar-refractivity contribution is 5.93. The number of hydrogen-bond donors (Lipinski definition) is 2. The fourth-order valence-corrected chi connectivity index (χ4v) is 3.84. The molecule has 1 aliphatic rings. The zero-order chi connectivity index (χ0) is 19.2. The quantitative estimate of drug-likeness (QED) is 0.510. The maximum absolute atomic E-state index is 6.15. The molecule has 1 aliphatic carbocycles. The molecule has 5 nitrogen and oxygen atoms in total. The highest BCUT2D eigenvalue weighted by atomic mass is 15.1. The van der Waals surface area contributed by atoms with Crippen molar-refractivity contribution in [3.63, 3.8) is 0 Å². The first-order valence-electron chi connectivity index (χ1n) is 10.0. The maximum atomic E-state index is 6.15. The Bertz CT molecular complexity index is 943. The predicted molar refractivity (Wildman–Crippen MR) is 115 cm³/mol. The molecular weight excluding hydrogens is 346 g/mol. The van der Waals surface area contributed by atoms with Gasteiger partial charge in [0, 0.05) is 37.6 Å². The standard InChI is InChI=1S/C23H27N5/c24-23(27-21-12-6-10-19-9-4-5-11-20(19)21)26-14-13-22-25-15-16-28(22)17-18-7-2-1-3-8-18/h1-3,6-8,10,12,15-16H,4-5,9,11,13-14,17H2,(H3,24,26,27). The normalized spacial score (nSPS) is 13.9. The van der Waals surface area contributed by atoms with Crippen molar-refractivity contribution in [2.24, 2.45) is 10.7 Å². The van der Waals surface area contributed by atoms with Gasteiger partial charge in [-0.1, -0.05) is 42.5 Å². The van der Waals surface area contributed by atoms with E-state index in [9.17, 15) is 0 Å². The molecule has 1 heterocycles. The van der Waals surface area contributed by atoms with E-state index in [1.165, 1.54) is 29.5 Å². The molecule has 0 amide bonds. The molecule has 0 unspecified atom stereocenters. The lowest BCUT2D eigenvalue weighted by molar-refractivity contribution is 0.687. The van der Waals surface area contributed by atoms with Crippen molar-refractivity contribution in [1.29, 1.82) is 0 Å². The second-order valence-electron chi connectivity index (χ2n) is 7.25. The van der Waals surface area contributed by atoms with Crippen LogP contribution < -0.4 is 11.1 Å². The van der Waals surface area contributed by atoms with E-state index in [2.05, 4.69) is 62.3 Å². The molecule has 0 fully saturated rings. The highest BCUT2D eigenvalue weighted by Crippen LogP contribution is 2.27. The highest BCUT2D eigenvalue weighted by Gasteiger charge is 2.13. The number of anilines is 1. The number of aromatic nitrogens is 2. The molecule has 3 N–H and O–H groups in total. The average molecular weight is 374 g/mol. The molecule has 4 rings (SSSR count). The second kappa shape index (κ2) is 8.74. The topological polar surface area (TPSA) is 68.2 Å². The minimum atomic E-state index is 0.472. The molecule has 1 aromatic heterocycles. The molecule has 144 valence electrons. The van der Waals surface area contributed by atoms with Crippen LogP contribution in [0.4, 0.5) is 5.69 Å². The summed E-state index contributed by atoms with van der Waals surface area (Å²) in [7, 11) is 0. The number of nitrogens with zero attached hydrogens (tertiary/aromatic N) is 3. The van der Waals surface area contributed by atoms with E-state index < -0.39 is 0 Å². The summed E-state index contributed by atoms with van der Waals surface area (Å²) in [5, 5.41) is 3.31. The number of aryl methyl sites for hydroxylation is 1. The van der Waals surface area contributed by atoms with Crippen molar-refractivity contribution in [3.8, 4) is 0 Å². The summed E-state index contributed by atoms with van der Waals surface area (Å²) in [6.07, 6.45) is 9.41. The number of rotatable bonds is 6. The van der Waals surface area contributed by atoms with Crippen LogP contribution in [0.5, 0.6) is 0 Å². The lowest BCUT2D eigenvalue weighted by Gasteiger charge is -2.19. The molecule has 0 aliphatic heterocycles. The van der Waals surface area contributed by atoms with Crippen molar-refractivity contribution < 1.29 is 0 Å². The molecule has 2 aromatic carbocycles. The largest absolute Gasteiger partial charge is 0.370 e. The van der Waals surface area contributed by atoms with Crippen LogP contribution in [0.3, 0.4) is 0 Å². The molecule has 0 radical (unpaired) electrons. The van der Waals surface area contributed by atoms with Gasteiger partial charge in [0.05, 0.1) is 0 Å². The van der Waals surface area contributed by atoms with Crippen molar-refractivity contribution in [2.45, 2.75) is 38.6 Å². The molecule has 0 atom stereocenters. The summed E-state index contributed by atoms with van der Waals surface area (Å²) >= 11 is 0. The Labute approximate surface area is 166 Å². The third kappa shape index (κ3) is 4.42. The van der Waals surface area contributed by atoms with Gasteiger partial charge >= 0.3 is 0 Å². The van der Waals surface area contributed by atoms with Crippen LogP contribution in [0.1, 0.15) is 35.4 Å². The number of nitrogens with two attached hydrogens (primary N) is 1. The van der Waals surface area contributed by atoms with E-state index in [1.807, 2.05) is 18.5 Å². The van der Waals surface area contributed by atoms with E-state index >= 15 is 0 Å². The number of hydrogen-bond acceptors (Lipinski definition) is 2. The van der Waals surface area contributed by atoms with Crippen molar-refractivity contribution in [3.05, 3.63) is 83.4 Å². The van der Waals surface area contributed by atoms with E-state index in [1.54, 1.807) is 0 Å². The summed E-state index contributed by atoms with van der Waals surface area (Å²) in [4.78, 5) is 9.00. The van der Waals surface area contributed by atoms with Gasteiger partial charge in [0.1, 0.15) is 5.82 Å². The molecule has 28 heavy (non-hydrogen) atoms. The van der Waals surface area contributed by atoms with Crippen LogP contribution in [0.25, 0.3) is 0 Å². The minimum Gasteiger partial charge on any atom is -0.370 e. The molecule has 0 saturated carbocycles. The van der Waals surface area contributed by atoms with Crippen LogP contribution in [-0.4, -0.2) is 22.1 Å². The van der Waals surface area contributed by atoms with E-state index in [4.69, 9.17) is 5.73 Å². The lowest BCUT2D eigenvalue weighted by Crippen LogP contribution is -2.24. The van der Waals surface area contributed by atoms with E-state index in [0.29, 0.717) is 12.5 Å². The van der Waals surface area contributed by atoms with Gasteiger partial charge in [0.15, 0.2) is 5.96 Å². The van der Waals surface area contributed by atoms with Crippen LogP contribution in [0.15, 0.2) is 65.9 Å². The van der Waals surface area contributed by atoms with Gasteiger partial charge in [-0.3, -0.25) is 4.99 Å². The Morgan fingerprint density at radius 3 is 2.82 bits per heavy atom. The number of aliphatic imine (C=N–C) groups is 1. The van der Waals surface area contributed by atoms with Crippen LogP contribution in [0.2, 0.25) is 0 Å². The number of nitrogens with one attached hydrogen (secondary N) is 1. The zero-order valence-corrected chi connectivity index (χ0v) is 16.1. The first-order valence-corrected chi connectivity index (χ1v) is 10.0. The van der Waals surface area contributed by atoms with E-state index in [0.717, 1.165) is 37.3 Å². The number of guanidine groups is 1. The minimum absolute atomic E-state index is 0.472. The predicted octanol–water partition coefficient (Wildman–Crippen LogP) is 3.78. The van der Waals surface area contributed by atoms with Gasteiger partial charge in [0.2, 0.25) is 0 Å². The zero-order valence-electron chi connectivity index (χ0n) is 16.1. The molecule has 5 heteroatoms. The van der Waals surface area contributed by atoms with E-state index in [-0.39, 0.29) is 0 Å². The molecule has 3 aromatic rings. The Kier molecular flexibility index (Phi) is 5.71. The third-order valence-corrected chi connectivity index (χ3v) is 5.27. The monoisotopic (exact) mass is 373 g/mol. The second-order valence-corrected chi connectivity index (χ2v) is 7.25. The summed E-state index contributed by atoms with van der Waals surface area (Å²) in [5.41, 5.74) is 11.3. The average Bonchev–Trinajstić information content (AvgIpc) is 3.16. The lowest BCUT2D eigenvalue weighted by atomic mass is 9.90. The van der Waals surface area contributed by atoms with Gasteiger partial charge in [-0.05, 0) is 48.4 Å². The number of imidazole rings is 1. The summed E-state index contributed by atoms with van der Waals surface area (Å²) < 4.78 is 2.17.